The van der Waals surface area contributed by atoms with Gasteiger partial charge in [-0.15, -0.1) is 0 Å². The average molecular weight is 250 g/mol. The summed E-state index contributed by atoms with van der Waals surface area (Å²) in [5, 5.41) is 3.60. The van der Waals surface area contributed by atoms with Crippen LogP contribution in [-0.2, 0) is 0 Å². The highest BCUT2D eigenvalue weighted by molar-refractivity contribution is 4.94. The van der Waals surface area contributed by atoms with Crippen molar-refractivity contribution in [2.75, 3.05) is 26.2 Å². The lowest BCUT2D eigenvalue weighted by Gasteiger charge is -2.47. The zero-order valence-electron chi connectivity index (χ0n) is 12.1. The Hall–Kier alpha value is -0.0800. The number of hydrogen-bond acceptors (Lipinski definition) is 2. The van der Waals surface area contributed by atoms with Gasteiger partial charge in [-0.25, -0.2) is 0 Å². The first-order chi connectivity index (χ1) is 8.83. The van der Waals surface area contributed by atoms with Crippen LogP contribution in [-0.4, -0.2) is 37.1 Å². The molecule has 3 rings (SSSR count). The van der Waals surface area contributed by atoms with Gasteiger partial charge in [0.15, 0.2) is 0 Å². The van der Waals surface area contributed by atoms with Gasteiger partial charge in [0.05, 0.1) is 0 Å². The number of piperidine rings is 1. The molecule has 2 heterocycles. The van der Waals surface area contributed by atoms with Gasteiger partial charge < -0.3 is 5.32 Å². The second-order valence-electron chi connectivity index (χ2n) is 7.00. The van der Waals surface area contributed by atoms with Crippen LogP contribution in [0.1, 0.15) is 58.3 Å². The highest BCUT2D eigenvalue weighted by atomic mass is 15.2. The predicted molar refractivity (Wildman–Crippen MR) is 76.8 cm³/mol. The van der Waals surface area contributed by atoms with Crippen molar-refractivity contribution in [2.24, 2.45) is 11.3 Å². The molecule has 3 atom stereocenters. The first-order valence-electron chi connectivity index (χ1n) is 8.28. The molecular formula is C16H30N2. The normalized spacial score (nSPS) is 41.8. The molecule has 0 aromatic heterocycles. The molecule has 0 bridgehead atoms. The van der Waals surface area contributed by atoms with E-state index >= 15 is 0 Å². The molecule has 2 heteroatoms. The summed E-state index contributed by atoms with van der Waals surface area (Å²) in [7, 11) is 0. The van der Waals surface area contributed by atoms with Crippen LogP contribution in [0, 0.1) is 11.3 Å². The Morgan fingerprint density at radius 3 is 2.78 bits per heavy atom. The van der Waals surface area contributed by atoms with Crippen LogP contribution in [0.25, 0.3) is 0 Å². The van der Waals surface area contributed by atoms with E-state index < -0.39 is 0 Å². The molecule has 104 valence electrons. The predicted octanol–water partition coefficient (Wildman–Crippen LogP) is 3.03. The van der Waals surface area contributed by atoms with Crippen molar-refractivity contribution in [3.8, 4) is 0 Å². The van der Waals surface area contributed by atoms with E-state index in [1.807, 2.05) is 0 Å². The summed E-state index contributed by atoms with van der Waals surface area (Å²) in [6.07, 6.45) is 11.7. The number of hydrogen-bond donors (Lipinski definition) is 1. The zero-order chi connectivity index (χ0) is 12.4. The van der Waals surface area contributed by atoms with E-state index in [4.69, 9.17) is 0 Å². The quantitative estimate of drug-likeness (QED) is 0.828. The maximum Gasteiger partial charge on any atom is 0.0124 e. The summed E-state index contributed by atoms with van der Waals surface area (Å²) in [6.45, 7) is 7.66. The fourth-order valence-corrected chi connectivity index (χ4v) is 4.70. The molecule has 0 aromatic carbocycles. The van der Waals surface area contributed by atoms with Gasteiger partial charge in [0.25, 0.3) is 0 Å². The summed E-state index contributed by atoms with van der Waals surface area (Å²) >= 11 is 0. The maximum absolute atomic E-state index is 3.60. The van der Waals surface area contributed by atoms with Crippen LogP contribution < -0.4 is 5.32 Å². The van der Waals surface area contributed by atoms with Crippen molar-refractivity contribution >= 4 is 0 Å². The van der Waals surface area contributed by atoms with E-state index in [2.05, 4.69) is 17.1 Å². The minimum Gasteiger partial charge on any atom is -0.316 e. The molecule has 2 saturated heterocycles. The van der Waals surface area contributed by atoms with Crippen molar-refractivity contribution in [3.63, 3.8) is 0 Å². The highest BCUT2D eigenvalue weighted by Gasteiger charge is 2.39. The Kier molecular flexibility index (Phi) is 3.95. The molecule has 3 aliphatic rings. The van der Waals surface area contributed by atoms with Crippen LogP contribution in [0.5, 0.6) is 0 Å². The minimum absolute atomic E-state index is 0.597. The fraction of sp³-hybridized carbons (Fsp3) is 1.00. The van der Waals surface area contributed by atoms with Gasteiger partial charge in [-0.2, -0.15) is 0 Å². The molecule has 0 aromatic rings. The standard InChI is InChI=1S/C16H30N2/c1-2-16(9-10-17-12-16)13-18-11-5-7-14-6-3-4-8-15(14)18/h14-15,17H,2-13H2,1H3/t14-,15-,16?/m1/s1. The molecule has 0 amide bonds. The van der Waals surface area contributed by atoms with Gasteiger partial charge in [0.1, 0.15) is 0 Å². The van der Waals surface area contributed by atoms with Crippen molar-refractivity contribution < 1.29 is 0 Å². The third-order valence-electron chi connectivity index (χ3n) is 5.98. The molecule has 1 N–H and O–H groups in total. The molecule has 3 fully saturated rings. The summed E-state index contributed by atoms with van der Waals surface area (Å²) in [6, 6.07) is 0.941. The molecule has 1 saturated carbocycles. The Morgan fingerprint density at radius 2 is 2.00 bits per heavy atom. The fourth-order valence-electron chi connectivity index (χ4n) is 4.70. The van der Waals surface area contributed by atoms with E-state index in [9.17, 15) is 0 Å². The first-order valence-corrected chi connectivity index (χ1v) is 8.28. The number of rotatable bonds is 3. The van der Waals surface area contributed by atoms with Gasteiger partial charge in [0.2, 0.25) is 0 Å². The van der Waals surface area contributed by atoms with Crippen molar-refractivity contribution in [3.05, 3.63) is 0 Å². The summed E-state index contributed by atoms with van der Waals surface area (Å²) in [4.78, 5) is 2.89. The van der Waals surface area contributed by atoms with Gasteiger partial charge in [-0.05, 0) is 62.9 Å². The number of likely N-dealkylation sites (tertiary alicyclic amines) is 1. The lowest BCUT2D eigenvalue weighted by atomic mass is 9.76. The third kappa shape index (κ3) is 2.46. The van der Waals surface area contributed by atoms with Crippen LogP contribution in [0.3, 0.4) is 0 Å². The summed E-state index contributed by atoms with van der Waals surface area (Å²) < 4.78 is 0. The monoisotopic (exact) mass is 250 g/mol. The number of nitrogens with zero attached hydrogens (tertiary/aromatic N) is 1. The van der Waals surface area contributed by atoms with Gasteiger partial charge in [-0.3, -0.25) is 4.90 Å². The van der Waals surface area contributed by atoms with Gasteiger partial charge in [0, 0.05) is 19.1 Å². The largest absolute Gasteiger partial charge is 0.316 e. The first kappa shape index (κ1) is 12.9. The zero-order valence-corrected chi connectivity index (χ0v) is 12.1. The molecule has 18 heavy (non-hydrogen) atoms. The van der Waals surface area contributed by atoms with Crippen molar-refractivity contribution in [2.45, 2.75) is 64.3 Å². The second-order valence-corrected chi connectivity index (χ2v) is 7.00. The molecule has 2 aliphatic heterocycles. The Labute approximate surface area is 113 Å². The Morgan fingerprint density at radius 1 is 1.17 bits per heavy atom. The topological polar surface area (TPSA) is 15.3 Å². The Balaban J connectivity index is 1.66. The van der Waals surface area contributed by atoms with E-state index in [1.54, 1.807) is 0 Å². The smallest absolute Gasteiger partial charge is 0.0124 e. The van der Waals surface area contributed by atoms with Crippen LogP contribution in [0.2, 0.25) is 0 Å². The van der Waals surface area contributed by atoms with Crippen molar-refractivity contribution in [1.82, 2.24) is 10.2 Å². The number of fused-ring (bicyclic) bond motifs is 1. The molecule has 0 spiro atoms. The van der Waals surface area contributed by atoms with E-state index in [0.29, 0.717) is 5.41 Å². The summed E-state index contributed by atoms with van der Waals surface area (Å²) in [5.41, 5.74) is 0.597. The summed E-state index contributed by atoms with van der Waals surface area (Å²) in [5.74, 6) is 1.04. The lowest BCUT2D eigenvalue weighted by molar-refractivity contribution is 0.0268. The minimum atomic E-state index is 0.597. The SMILES string of the molecule is CCC1(CN2CCC[C@H]3CCCC[C@H]32)CCNC1. The van der Waals surface area contributed by atoms with Gasteiger partial charge in [-0.1, -0.05) is 19.8 Å². The van der Waals surface area contributed by atoms with Crippen LogP contribution in [0.4, 0.5) is 0 Å². The van der Waals surface area contributed by atoms with E-state index in [-0.39, 0.29) is 0 Å². The Bertz CT molecular complexity index is 268. The molecule has 2 nitrogen and oxygen atoms in total. The van der Waals surface area contributed by atoms with Crippen molar-refractivity contribution in [1.29, 1.82) is 0 Å². The molecular weight excluding hydrogens is 220 g/mol. The van der Waals surface area contributed by atoms with E-state index in [0.717, 1.165) is 12.0 Å². The highest BCUT2D eigenvalue weighted by Crippen LogP contribution is 2.38. The molecule has 1 unspecified atom stereocenters. The van der Waals surface area contributed by atoms with Crippen LogP contribution >= 0.6 is 0 Å². The average Bonchev–Trinajstić information content (AvgIpc) is 2.88. The molecule has 0 radical (unpaired) electrons. The van der Waals surface area contributed by atoms with E-state index in [1.165, 1.54) is 77.5 Å². The lowest BCUT2D eigenvalue weighted by Crippen LogP contribution is -2.51. The third-order valence-corrected chi connectivity index (χ3v) is 5.98. The van der Waals surface area contributed by atoms with Gasteiger partial charge >= 0.3 is 0 Å². The number of nitrogens with one attached hydrogen (secondary N) is 1. The molecule has 1 aliphatic carbocycles. The maximum atomic E-state index is 3.60. The van der Waals surface area contributed by atoms with Crippen LogP contribution in [0.15, 0.2) is 0 Å². The second kappa shape index (κ2) is 5.50.